The molecule has 1 aliphatic rings. The zero-order valence-electron chi connectivity index (χ0n) is 7.64. The van der Waals surface area contributed by atoms with Gasteiger partial charge in [0.2, 0.25) is 0 Å². The predicted octanol–water partition coefficient (Wildman–Crippen LogP) is 2.33. The summed E-state index contributed by atoms with van der Waals surface area (Å²) in [5.74, 6) is 0.869. The third-order valence-corrected chi connectivity index (χ3v) is 2.50. The maximum atomic E-state index is 5.66. The number of allylic oxidation sites excluding steroid dienone is 2. The van der Waals surface area contributed by atoms with E-state index in [9.17, 15) is 0 Å². The quantitative estimate of drug-likeness (QED) is 0.619. The van der Waals surface area contributed by atoms with Crippen LogP contribution in [0.25, 0.3) is 0 Å². The second-order valence-electron chi connectivity index (χ2n) is 4.38. The first-order valence-corrected chi connectivity index (χ1v) is 4.49. The Kier molecular flexibility index (Phi) is 2.72. The van der Waals surface area contributed by atoms with Crippen molar-refractivity contribution in [2.24, 2.45) is 17.1 Å². The van der Waals surface area contributed by atoms with Gasteiger partial charge in [0.15, 0.2) is 0 Å². The topological polar surface area (TPSA) is 26.0 Å². The summed E-state index contributed by atoms with van der Waals surface area (Å²) < 4.78 is 0. The van der Waals surface area contributed by atoms with Gasteiger partial charge in [-0.25, -0.2) is 0 Å². The van der Waals surface area contributed by atoms with Gasteiger partial charge in [-0.05, 0) is 37.1 Å². The molecule has 64 valence electrons. The molecule has 1 aliphatic carbocycles. The predicted molar refractivity (Wildman–Crippen MR) is 49.3 cm³/mol. The Morgan fingerprint density at radius 2 is 1.91 bits per heavy atom. The first kappa shape index (κ1) is 8.79. The van der Waals surface area contributed by atoms with Crippen LogP contribution < -0.4 is 5.73 Å². The Morgan fingerprint density at radius 1 is 1.36 bits per heavy atom. The first-order chi connectivity index (χ1) is 5.14. The van der Waals surface area contributed by atoms with Crippen LogP contribution in [0.15, 0.2) is 12.2 Å². The van der Waals surface area contributed by atoms with Crippen molar-refractivity contribution in [3.05, 3.63) is 12.2 Å². The maximum absolute atomic E-state index is 5.66. The Morgan fingerprint density at radius 3 is 2.36 bits per heavy atom. The summed E-state index contributed by atoms with van der Waals surface area (Å²) in [5, 5.41) is 0. The van der Waals surface area contributed by atoms with Crippen molar-refractivity contribution in [2.45, 2.75) is 33.1 Å². The van der Waals surface area contributed by atoms with Gasteiger partial charge in [0.25, 0.3) is 0 Å². The fourth-order valence-electron chi connectivity index (χ4n) is 1.71. The molecule has 0 aliphatic heterocycles. The minimum absolute atomic E-state index is 0.344. The summed E-state index contributed by atoms with van der Waals surface area (Å²) in [5.41, 5.74) is 6.01. The smallest absolute Gasteiger partial charge is 0.00257 e. The van der Waals surface area contributed by atoms with E-state index < -0.39 is 0 Å². The zero-order chi connectivity index (χ0) is 8.32. The maximum Gasteiger partial charge on any atom is -0.00257 e. The summed E-state index contributed by atoms with van der Waals surface area (Å²) in [7, 11) is 0. The molecule has 2 N–H and O–H groups in total. The van der Waals surface area contributed by atoms with E-state index in [1.54, 1.807) is 0 Å². The van der Waals surface area contributed by atoms with Crippen LogP contribution >= 0.6 is 0 Å². The van der Waals surface area contributed by atoms with Gasteiger partial charge in [-0.1, -0.05) is 26.0 Å². The van der Waals surface area contributed by atoms with E-state index in [4.69, 9.17) is 5.73 Å². The van der Waals surface area contributed by atoms with E-state index in [0.29, 0.717) is 5.41 Å². The molecule has 0 bridgehead atoms. The monoisotopic (exact) mass is 153 g/mol. The normalized spacial score (nSPS) is 19.5. The molecular weight excluding hydrogens is 134 g/mol. The molecule has 0 heterocycles. The molecule has 0 aromatic carbocycles. The molecule has 0 unspecified atom stereocenters. The first-order valence-electron chi connectivity index (χ1n) is 4.49. The molecule has 1 heteroatoms. The number of hydrogen-bond donors (Lipinski definition) is 1. The minimum atomic E-state index is 0.344. The number of rotatable bonds is 3. The van der Waals surface area contributed by atoms with Crippen molar-refractivity contribution >= 4 is 0 Å². The fraction of sp³-hybridized carbons (Fsp3) is 0.800. The van der Waals surface area contributed by atoms with Crippen molar-refractivity contribution in [3.63, 3.8) is 0 Å². The third kappa shape index (κ3) is 2.66. The van der Waals surface area contributed by atoms with Gasteiger partial charge < -0.3 is 5.73 Å². The standard InChI is InChI=1S/C10H19N/c1-10(2,8-11)7-9-5-3-4-6-9/h3-4,9H,5-8,11H2,1-2H3. The van der Waals surface area contributed by atoms with E-state index in [1.165, 1.54) is 19.3 Å². The van der Waals surface area contributed by atoms with Gasteiger partial charge in [-0.3, -0.25) is 0 Å². The Balaban J connectivity index is 2.30. The molecule has 0 saturated heterocycles. The van der Waals surface area contributed by atoms with Crippen molar-refractivity contribution in [1.29, 1.82) is 0 Å². The SMILES string of the molecule is CC(C)(CN)CC1CC=CC1. The van der Waals surface area contributed by atoms with E-state index in [-0.39, 0.29) is 0 Å². The lowest BCUT2D eigenvalue weighted by atomic mass is 9.82. The van der Waals surface area contributed by atoms with Gasteiger partial charge in [-0.2, -0.15) is 0 Å². The van der Waals surface area contributed by atoms with Crippen LogP contribution in [0.5, 0.6) is 0 Å². The summed E-state index contributed by atoms with van der Waals surface area (Å²) in [4.78, 5) is 0. The molecule has 0 aromatic heterocycles. The molecule has 0 fully saturated rings. The van der Waals surface area contributed by atoms with Crippen molar-refractivity contribution in [2.75, 3.05) is 6.54 Å². The van der Waals surface area contributed by atoms with Crippen LogP contribution in [0.1, 0.15) is 33.1 Å². The van der Waals surface area contributed by atoms with Crippen molar-refractivity contribution in [3.8, 4) is 0 Å². The van der Waals surface area contributed by atoms with E-state index in [0.717, 1.165) is 12.5 Å². The largest absolute Gasteiger partial charge is 0.330 e. The summed E-state index contributed by atoms with van der Waals surface area (Å²) in [6.07, 6.45) is 8.39. The van der Waals surface area contributed by atoms with Gasteiger partial charge in [0, 0.05) is 0 Å². The molecule has 0 saturated carbocycles. The molecular formula is C10H19N. The lowest BCUT2D eigenvalue weighted by Crippen LogP contribution is -2.25. The summed E-state index contributed by atoms with van der Waals surface area (Å²) in [6, 6.07) is 0. The fourth-order valence-corrected chi connectivity index (χ4v) is 1.71. The highest BCUT2D eigenvalue weighted by atomic mass is 14.6. The lowest BCUT2D eigenvalue weighted by molar-refractivity contribution is 0.282. The Hall–Kier alpha value is -0.300. The molecule has 0 atom stereocenters. The van der Waals surface area contributed by atoms with Crippen molar-refractivity contribution < 1.29 is 0 Å². The Bertz CT molecular complexity index is 139. The molecule has 0 aromatic rings. The Labute approximate surface area is 69.7 Å². The van der Waals surface area contributed by atoms with Gasteiger partial charge in [-0.15, -0.1) is 0 Å². The lowest BCUT2D eigenvalue weighted by Gasteiger charge is -2.25. The highest BCUT2D eigenvalue weighted by molar-refractivity contribution is 4.95. The van der Waals surface area contributed by atoms with Crippen LogP contribution in [-0.2, 0) is 0 Å². The van der Waals surface area contributed by atoms with Gasteiger partial charge in [0.05, 0.1) is 0 Å². The third-order valence-electron chi connectivity index (χ3n) is 2.50. The minimum Gasteiger partial charge on any atom is -0.330 e. The molecule has 1 rings (SSSR count). The van der Waals surface area contributed by atoms with Crippen LogP contribution in [0, 0.1) is 11.3 Å². The molecule has 0 spiro atoms. The molecule has 0 radical (unpaired) electrons. The molecule has 11 heavy (non-hydrogen) atoms. The molecule has 0 amide bonds. The van der Waals surface area contributed by atoms with Crippen LogP contribution in [0.2, 0.25) is 0 Å². The molecule has 1 nitrogen and oxygen atoms in total. The average Bonchev–Trinajstić information content (AvgIpc) is 2.39. The van der Waals surface area contributed by atoms with Gasteiger partial charge >= 0.3 is 0 Å². The summed E-state index contributed by atoms with van der Waals surface area (Å²) >= 11 is 0. The zero-order valence-corrected chi connectivity index (χ0v) is 7.64. The van der Waals surface area contributed by atoms with Crippen LogP contribution in [-0.4, -0.2) is 6.54 Å². The number of hydrogen-bond acceptors (Lipinski definition) is 1. The number of nitrogens with two attached hydrogens (primary N) is 1. The highest BCUT2D eigenvalue weighted by Crippen LogP contribution is 2.31. The van der Waals surface area contributed by atoms with Gasteiger partial charge in [0.1, 0.15) is 0 Å². The van der Waals surface area contributed by atoms with Crippen molar-refractivity contribution in [1.82, 2.24) is 0 Å². The summed E-state index contributed by atoms with van der Waals surface area (Å²) in [6.45, 7) is 5.32. The van der Waals surface area contributed by atoms with Crippen LogP contribution in [0.4, 0.5) is 0 Å². The second-order valence-corrected chi connectivity index (χ2v) is 4.38. The average molecular weight is 153 g/mol. The van der Waals surface area contributed by atoms with E-state index in [2.05, 4.69) is 26.0 Å². The second kappa shape index (κ2) is 3.40. The van der Waals surface area contributed by atoms with E-state index >= 15 is 0 Å². The highest BCUT2D eigenvalue weighted by Gasteiger charge is 2.21. The van der Waals surface area contributed by atoms with Crippen LogP contribution in [0.3, 0.4) is 0 Å². The van der Waals surface area contributed by atoms with E-state index in [1.807, 2.05) is 0 Å².